The molecule has 0 fully saturated rings. The van der Waals surface area contributed by atoms with Gasteiger partial charge in [-0.15, -0.1) is 0 Å². The largest absolute Gasteiger partial charge is 0.342 e. The zero-order valence-electron chi connectivity index (χ0n) is 18.6. The lowest BCUT2D eigenvalue weighted by atomic mass is 10.1. The fourth-order valence-corrected chi connectivity index (χ4v) is 4.52. The van der Waals surface area contributed by atoms with Gasteiger partial charge in [-0.25, -0.2) is 9.97 Å². The minimum Gasteiger partial charge on any atom is -0.342 e. The number of hydrogen-bond donors (Lipinski definition) is 0. The van der Waals surface area contributed by atoms with Crippen molar-refractivity contribution in [2.45, 2.75) is 6.42 Å². The summed E-state index contributed by atoms with van der Waals surface area (Å²) in [5, 5.41) is 1.22. The van der Waals surface area contributed by atoms with Crippen LogP contribution in [-0.2, 0) is 20.5 Å². The van der Waals surface area contributed by atoms with Gasteiger partial charge in [-0.3, -0.25) is 4.98 Å². The summed E-state index contributed by atoms with van der Waals surface area (Å²) in [6, 6.07) is 31.1. The summed E-state index contributed by atoms with van der Waals surface area (Å²) in [6.07, 6.45) is 0.662. The number of pyridine rings is 2. The average molecular weight is 430 g/mol. The molecule has 160 valence electrons. The van der Waals surface area contributed by atoms with E-state index in [1.807, 2.05) is 37.4 Å². The van der Waals surface area contributed by atoms with Gasteiger partial charge in [0.25, 0.3) is 0 Å². The van der Waals surface area contributed by atoms with Gasteiger partial charge in [0.1, 0.15) is 5.69 Å². The molecular weight excluding hydrogens is 406 g/mol. The highest BCUT2D eigenvalue weighted by Gasteiger charge is 2.13. The van der Waals surface area contributed by atoms with Crippen LogP contribution in [-0.4, -0.2) is 24.1 Å². The quantitative estimate of drug-likeness (QED) is 0.357. The van der Waals surface area contributed by atoms with Gasteiger partial charge in [0.05, 0.1) is 22.4 Å². The number of benzene rings is 2. The molecule has 4 heterocycles. The molecule has 5 nitrogen and oxygen atoms in total. The fraction of sp³-hybridized carbons (Fsp3) is 0.107. The monoisotopic (exact) mass is 429 g/mol. The Bertz CT molecular complexity index is 1500. The highest BCUT2D eigenvalue weighted by atomic mass is 15.1. The van der Waals surface area contributed by atoms with Crippen LogP contribution in [0.25, 0.3) is 44.8 Å². The molecule has 4 aromatic heterocycles. The second kappa shape index (κ2) is 7.71. The second-order valence-electron chi connectivity index (χ2n) is 8.34. The Balaban J connectivity index is 1.34. The van der Waals surface area contributed by atoms with Crippen molar-refractivity contribution < 1.29 is 0 Å². The third-order valence-electron chi connectivity index (χ3n) is 6.21. The fourth-order valence-electron chi connectivity index (χ4n) is 4.52. The molecule has 33 heavy (non-hydrogen) atoms. The van der Waals surface area contributed by atoms with E-state index in [9.17, 15) is 0 Å². The maximum Gasteiger partial charge on any atom is 0.159 e. The molecule has 0 amide bonds. The normalized spacial score (nSPS) is 11.5. The summed E-state index contributed by atoms with van der Waals surface area (Å²) < 4.78 is 4.30. The molecule has 0 atom stereocenters. The summed E-state index contributed by atoms with van der Waals surface area (Å²) in [4.78, 5) is 14.7. The predicted molar refractivity (Wildman–Crippen MR) is 133 cm³/mol. The van der Waals surface area contributed by atoms with Gasteiger partial charge in [-0.05, 0) is 48.5 Å². The topological polar surface area (TPSA) is 48.5 Å². The first-order valence-corrected chi connectivity index (χ1v) is 11.1. The predicted octanol–water partition coefficient (Wildman–Crippen LogP) is 5.78. The standard InChI is InChI=1S/C28H23N5/c1-32-25-15-5-3-9-19(25)17-27(32)23-13-7-10-20(29-23)18-21-11-8-14-24(30-21)28-31-22-12-4-6-16-26(22)33(28)2/h3-17H,18H2,1-2H3. The zero-order chi connectivity index (χ0) is 22.4. The first kappa shape index (κ1) is 19.4. The van der Waals surface area contributed by atoms with E-state index in [2.05, 4.69) is 76.8 Å². The smallest absolute Gasteiger partial charge is 0.159 e. The number of aromatic nitrogens is 5. The van der Waals surface area contributed by atoms with Crippen LogP contribution in [0.15, 0.2) is 91.0 Å². The van der Waals surface area contributed by atoms with Gasteiger partial charge in [0.2, 0.25) is 0 Å². The van der Waals surface area contributed by atoms with Crippen molar-refractivity contribution in [1.29, 1.82) is 0 Å². The van der Waals surface area contributed by atoms with E-state index in [4.69, 9.17) is 15.0 Å². The number of hydrogen-bond acceptors (Lipinski definition) is 3. The Hall–Kier alpha value is -4.25. The van der Waals surface area contributed by atoms with Crippen LogP contribution in [0.4, 0.5) is 0 Å². The first-order chi connectivity index (χ1) is 16.2. The molecule has 5 heteroatoms. The Kier molecular flexibility index (Phi) is 4.54. The minimum absolute atomic E-state index is 0.662. The summed E-state index contributed by atoms with van der Waals surface area (Å²) in [5.74, 6) is 0.871. The van der Waals surface area contributed by atoms with Gasteiger partial charge in [-0.2, -0.15) is 0 Å². The maximum atomic E-state index is 4.97. The van der Waals surface area contributed by atoms with Crippen molar-refractivity contribution in [3.05, 3.63) is 102 Å². The third-order valence-corrected chi connectivity index (χ3v) is 6.21. The molecule has 0 unspecified atom stereocenters. The van der Waals surface area contributed by atoms with E-state index < -0.39 is 0 Å². The van der Waals surface area contributed by atoms with E-state index in [0.717, 1.165) is 45.3 Å². The Morgan fingerprint density at radius 2 is 1.27 bits per heavy atom. The SMILES string of the molecule is Cn1c(-c2cccc(Cc3cccc(-c4nc5ccccc5n4C)n3)n2)cc2ccccc21. The Morgan fingerprint density at radius 3 is 2.03 bits per heavy atom. The van der Waals surface area contributed by atoms with Gasteiger partial charge in [0.15, 0.2) is 5.82 Å². The molecule has 0 aliphatic rings. The summed E-state index contributed by atoms with van der Waals surface area (Å²) in [6.45, 7) is 0. The molecule has 0 saturated carbocycles. The zero-order valence-corrected chi connectivity index (χ0v) is 18.6. The van der Waals surface area contributed by atoms with Crippen LogP contribution >= 0.6 is 0 Å². The van der Waals surface area contributed by atoms with Crippen molar-refractivity contribution in [2.75, 3.05) is 0 Å². The molecule has 0 bridgehead atoms. The van der Waals surface area contributed by atoms with Crippen LogP contribution in [0.2, 0.25) is 0 Å². The molecule has 6 aromatic rings. The van der Waals surface area contributed by atoms with Crippen LogP contribution in [0.5, 0.6) is 0 Å². The van der Waals surface area contributed by atoms with Crippen molar-refractivity contribution in [3.63, 3.8) is 0 Å². The van der Waals surface area contributed by atoms with Crippen molar-refractivity contribution >= 4 is 21.9 Å². The molecule has 0 saturated heterocycles. The third kappa shape index (κ3) is 3.38. The van der Waals surface area contributed by atoms with Crippen molar-refractivity contribution in [3.8, 4) is 22.9 Å². The van der Waals surface area contributed by atoms with Crippen molar-refractivity contribution in [1.82, 2.24) is 24.1 Å². The molecule has 6 rings (SSSR count). The van der Waals surface area contributed by atoms with Crippen LogP contribution in [0, 0.1) is 0 Å². The highest BCUT2D eigenvalue weighted by Crippen LogP contribution is 2.27. The molecule has 2 aromatic carbocycles. The van der Waals surface area contributed by atoms with Gasteiger partial charge in [-0.1, -0.05) is 42.5 Å². The lowest BCUT2D eigenvalue weighted by Crippen LogP contribution is -2.01. The lowest BCUT2D eigenvalue weighted by molar-refractivity contribution is 0.937. The first-order valence-electron chi connectivity index (χ1n) is 11.1. The van der Waals surface area contributed by atoms with Gasteiger partial charge >= 0.3 is 0 Å². The molecule has 0 radical (unpaired) electrons. The lowest BCUT2D eigenvalue weighted by Gasteiger charge is -2.08. The number of imidazole rings is 1. The Morgan fingerprint density at radius 1 is 0.606 bits per heavy atom. The molecule has 0 N–H and O–H groups in total. The van der Waals surface area contributed by atoms with E-state index >= 15 is 0 Å². The van der Waals surface area contributed by atoms with E-state index in [1.165, 1.54) is 10.9 Å². The van der Waals surface area contributed by atoms with Gasteiger partial charge < -0.3 is 9.13 Å². The number of rotatable bonds is 4. The average Bonchev–Trinajstić information content (AvgIpc) is 3.37. The molecule has 0 aliphatic carbocycles. The summed E-state index contributed by atoms with van der Waals surface area (Å²) >= 11 is 0. The van der Waals surface area contributed by atoms with Gasteiger partial charge in [0, 0.05) is 42.8 Å². The van der Waals surface area contributed by atoms with Crippen LogP contribution in [0.1, 0.15) is 11.4 Å². The molecule has 0 aliphatic heterocycles. The van der Waals surface area contributed by atoms with E-state index in [1.54, 1.807) is 0 Å². The van der Waals surface area contributed by atoms with E-state index in [-0.39, 0.29) is 0 Å². The maximum absolute atomic E-state index is 4.97. The highest BCUT2D eigenvalue weighted by molar-refractivity contribution is 5.86. The molecule has 0 spiro atoms. The number of nitrogens with zero attached hydrogens (tertiary/aromatic N) is 5. The minimum atomic E-state index is 0.662. The Labute approximate surface area is 192 Å². The number of aryl methyl sites for hydroxylation is 2. The summed E-state index contributed by atoms with van der Waals surface area (Å²) in [5.41, 5.74) is 8.20. The number of para-hydroxylation sites is 3. The van der Waals surface area contributed by atoms with Crippen LogP contribution in [0.3, 0.4) is 0 Å². The van der Waals surface area contributed by atoms with Crippen molar-refractivity contribution in [2.24, 2.45) is 14.1 Å². The van der Waals surface area contributed by atoms with Crippen LogP contribution < -0.4 is 0 Å². The molecular formula is C28H23N5. The van der Waals surface area contributed by atoms with E-state index in [0.29, 0.717) is 6.42 Å². The number of fused-ring (bicyclic) bond motifs is 2. The second-order valence-corrected chi connectivity index (χ2v) is 8.34. The summed E-state index contributed by atoms with van der Waals surface area (Å²) in [7, 11) is 4.13.